The number of benzene rings is 2. The number of amides is 2. The van der Waals surface area contributed by atoms with Crippen LogP contribution in [-0.4, -0.2) is 21.0 Å². The second-order valence-electron chi connectivity index (χ2n) is 4.74. The van der Waals surface area contributed by atoms with Gasteiger partial charge in [0.05, 0.1) is 11.4 Å². The van der Waals surface area contributed by atoms with Crippen LogP contribution in [0.4, 0.5) is 16.2 Å². The highest BCUT2D eigenvalue weighted by molar-refractivity contribution is 7.94. The summed E-state index contributed by atoms with van der Waals surface area (Å²) in [7, 11) is -3.96. The van der Waals surface area contributed by atoms with E-state index in [-0.39, 0.29) is 10.6 Å². The minimum Gasteiger partial charge on any atom is -0.292 e. The molecule has 7 heteroatoms. The predicted molar refractivity (Wildman–Crippen MR) is 86.0 cm³/mol. The van der Waals surface area contributed by atoms with Gasteiger partial charge in [-0.1, -0.05) is 29.8 Å². The third kappa shape index (κ3) is 2.15. The second kappa shape index (κ2) is 5.30. The molecule has 1 heterocycles. The number of para-hydroxylation sites is 1. The molecule has 5 nitrogen and oxygen atoms in total. The Morgan fingerprint density at radius 1 is 1.09 bits per heavy atom. The highest BCUT2D eigenvalue weighted by Gasteiger charge is 2.41. The third-order valence-electron chi connectivity index (χ3n) is 3.44. The zero-order valence-electron chi connectivity index (χ0n) is 11.7. The molecule has 0 aliphatic carbocycles. The Kier molecular flexibility index (Phi) is 3.58. The Morgan fingerprint density at radius 2 is 1.82 bits per heavy atom. The average Bonchev–Trinajstić information content (AvgIpc) is 2.47. The fourth-order valence-corrected chi connectivity index (χ4v) is 4.24. The summed E-state index contributed by atoms with van der Waals surface area (Å²) in [6.07, 6.45) is 0. The van der Waals surface area contributed by atoms with Crippen LogP contribution in [0.1, 0.15) is 6.92 Å². The fourth-order valence-electron chi connectivity index (χ4n) is 2.47. The summed E-state index contributed by atoms with van der Waals surface area (Å²) in [5.41, 5.74) is 0.624. The van der Waals surface area contributed by atoms with Gasteiger partial charge in [-0.2, -0.15) is 4.31 Å². The summed E-state index contributed by atoms with van der Waals surface area (Å²) < 4.78 is 26.4. The van der Waals surface area contributed by atoms with E-state index in [1.165, 1.54) is 17.0 Å². The van der Waals surface area contributed by atoms with Gasteiger partial charge in [-0.05, 0) is 37.3 Å². The molecule has 0 N–H and O–H groups in total. The lowest BCUT2D eigenvalue weighted by Crippen LogP contribution is -2.51. The predicted octanol–water partition coefficient (Wildman–Crippen LogP) is 3.50. The molecule has 0 spiro atoms. The molecule has 0 unspecified atom stereocenters. The molecular formula is C15H13ClN2O3S. The van der Waals surface area contributed by atoms with Gasteiger partial charge in [0.2, 0.25) is 0 Å². The monoisotopic (exact) mass is 336 g/mol. The highest BCUT2D eigenvalue weighted by atomic mass is 35.5. The maximum absolute atomic E-state index is 12.8. The van der Waals surface area contributed by atoms with E-state index in [1.54, 1.807) is 43.3 Å². The topological polar surface area (TPSA) is 57.7 Å². The summed E-state index contributed by atoms with van der Waals surface area (Å²) in [6.45, 7) is 2.16. The van der Waals surface area contributed by atoms with Crippen molar-refractivity contribution in [2.24, 2.45) is 0 Å². The minimum absolute atomic E-state index is 0.108. The zero-order chi connectivity index (χ0) is 15.9. The Bertz CT molecular complexity index is 851. The molecule has 0 bridgehead atoms. The van der Waals surface area contributed by atoms with Crippen molar-refractivity contribution in [3.63, 3.8) is 0 Å². The van der Waals surface area contributed by atoms with Gasteiger partial charge in [-0.3, -0.25) is 4.90 Å². The van der Waals surface area contributed by atoms with E-state index >= 15 is 0 Å². The van der Waals surface area contributed by atoms with E-state index in [9.17, 15) is 13.2 Å². The summed E-state index contributed by atoms with van der Waals surface area (Å²) >= 11 is 5.93. The molecule has 0 saturated carbocycles. The van der Waals surface area contributed by atoms with Crippen molar-refractivity contribution < 1.29 is 13.2 Å². The summed E-state index contributed by atoms with van der Waals surface area (Å²) in [6, 6.07) is 12.1. The molecule has 1 aliphatic heterocycles. The van der Waals surface area contributed by atoms with Crippen LogP contribution >= 0.6 is 11.6 Å². The molecule has 1 aliphatic rings. The van der Waals surface area contributed by atoms with Crippen LogP contribution in [0.5, 0.6) is 0 Å². The van der Waals surface area contributed by atoms with Crippen LogP contribution in [0, 0.1) is 0 Å². The smallest absolute Gasteiger partial charge is 0.292 e. The number of hydrogen-bond donors (Lipinski definition) is 0. The lowest BCUT2D eigenvalue weighted by atomic mass is 10.3. The Hall–Kier alpha value is -2.05. The van der Waals surface area contributed by atoms with E-state index in [2.05, 4.69) is 0 Å². The number of rotatable bonds is 2. The van der Waals surface area contributed by atoms with Gasteiger partial charge in [-0.15, -0.1) is 0 Å². The van der Waals surface area contributed by atoms with Crippen molar-refractivity contribution in [3.8, 4) is 0 Å². The lowest BCUT2D eigenvalue weighted by molar-refractivity contribution is 0.254. The number of fused-ring (bicyclic) bond motifs is 1. The van der Waals surface area contributed by atoms with Gasteiger partial charge in [0.1, 0.15) is 4.90 Å². The Balaban J connectivity index is 2.26. The lowest BCUT2D eigenvalue weighted by Gasteiger charge is -2.35. The van der Waals surface area contributed by atoms with E-state index < -0.39 is 16.1 Å². The number of carbonyl (C=O) groups is 1. The van der Waals surface area contributed by atoms with Gasteiger partial charge < -0.3 is 0 Å². The fraction of sp³-hybridized carbons (Fsp3) is 0.133. The Morgan fingerprint density at radius 3 is 2.50 bits per heavy atom. The van der Waals surface area contributed by atoms with Crippen molar-refractivity contribution in [2.45, 2.75) is 11.8 Å². The molecule has 0 fully saturated rings. The number of nitrogens with zero attached hydrogens (tertiary/aromatic N) is 2. The highest BCUT2D eigenvalue weighted by Crippen LogP contribution is 2.37. The van der Waals surface area contributed by atoms with Crippen LogP contribution in [-0.2, 0) is 10.0 Å². The minimum atomic E-state index is -3.96. The maximum Gasteiger partial charge on any atom is 0.343 e. The van der Waals surface area contributed by atoms with Crippen LogP contribution in [0.2, 0.25) is 5.02 Å². The first-order valence-corrected chi connectivity index (χ1v) is 8.50. The van der Waals surface area contributed by atoms with Gasteiger partial charge in [-0.25, -0.2) is 13.2 Å². The van der Waals surface area contributed by atoms with Crippen molar-refractivity contribution in [3.05, 3.63) is 53.6 Å². The quantitative estimate of drug-likeness (QED) is 0.843. The first-order valence-electron chi connectivity index (χ1n) is 6.68. The number of carbonyl (C=O) groups excluding carboxylic acids is 1. The number of hydrogen-bond acceptors (Lipinski definition) is 3. The molecule has 114 valence electrons. The largest absolute Gasteiger partial charge is 0.343 e. The summed E-state index contributed by atoms with van der Waals surface area (Å²) in [5.74, 6) is 0. The second-order valence-corrected chi connectivity index (χ2v) is 6.94. The molecule has 2 aromatic rings. The average molecular weight is 337 g/mol. The van der Waals surface area contributed by atoms with E-state index in [4.69, 9.17) is 11.6 Å². The van der Waals surface area contributed by atoms with Gasteiger partial charge >= 0.3 is 6.03 Å². The number of anilines is 2. The standard InChI is InChI=1S/C15H13ClN2O3S/c1-2-17-13-8-3-4-9-14(13)22(20,21)18(15(17)19)12-7-5-6-11(16)10-12/h3-10H,2H2,1H3. The van der Waals surface area contributed by atoms with Crippen LogP contribution in [0.3, 0.4) is 0 Å². The summed E-state index contributed by atoms with van der Waals surface area (Å²) in [5, 5.41) is 0.363. The van der Waals surface area contributed by atoms with E-state index in [0.717, 1.165) is 4.31 Å². The van der Waals surface area contributed by atoms with Crippen LogP contribution in [0.15, 0.2) is 53.4 Å². The van der Waals surface area contributed by atoms with Gasteiger partial charge in [0, 0.05) is 11.6 Å². The number of sulfonamides is 1. The molecule has 2 amide bonds. The molecule has 3 rings (SSSR count). The third-order valence-corrected chi connectivity index (χ3v) is 5.42. The van der Waals surface area contributed by atoms with Gasteiger partial charge in [0.15, 0.2) is 0 Å². The molecule has 0 aromatic heterocycles. The first kappa shape index (κ1) is 14.9. The number of urea groups is 1. The normalized spacial score (nSPS) is 16.5. The van der Waals surface area contributed by atoms with Crippen molar-refractivity contribution in [2.75, 3.05) is 15.7 Å². The SMILES string of the molecule is CCN1C(=O)N(c2cccc(Cl)c2)S(=O)(=O)c2ccccc21. The maximum atomic E-state index is 12.8. The van der Waals surface area contributed by atoms with E-state index in [0.29, 0.717) is 17.3 Å². The molecule has 22 heavy (non-hydrogen) atoms. The van der Waals surface area contributed by atoms with Crippen molar-refractivity contribution in [1.82, 2.24) is 0 Å². The van der Waals surface area contributed by atoms with Crippen LogP contribution < -0.4 is 9.21 Å². The molecule has 2 aromatic carbocycles. The molecule has 0 radical (unpaired) electrons. The number of halogens is 1. The Labute approximate surface area is 133 Å². The van der Waals surface area contributed by atoms with Gasteiger partial charge in [0.25, 0.3) is 10.0 Å². The van der Waals surface area contributed by atoms with Crippen molar-refractivity contribution >= 4 is 39.0 Å². The molecule has 0 saturated heterocycles. The molecular weight excluding hydrogens is 324 g/mol. The first-order chi connectivity index (χ1) is 10.5. The zero-order valence-corrected chi connectivity index (χ0v) is 13.3. The van der Waals surface area contributed by atoms with Crippen LogP contribution in [0.25, 0.3) is 0 Å². The van der Waals surface area contributed by atoms with E-state index in [1.807, 2.05) is 0 Å². The van der Waals surface area contributed by atoms with Crippen molar-refractivity contribution in [1.29, 1.82) is 0 Å². The molecule has 0 atom stereocenters. The summed E-state index contributed by atoms with van der Waals surface area (Å²) in [4.78, 5) is 14.2.